The number of nitrogens with zero attached hydrogens (tertiary/aromatic N) is 5. The summed E-state index contributed by atoms with van der Waals surface area (Å²) in [6, 6.07) is 3.91. The molecule has 0 aliphatic carbocycles. The summed E-state index contributed by atoms with van der Waals surface area (Å²) < 4.78 is 0. The lowest BCUT2D eigenvalue weighted by molar-refractivity contribution is 0.678. The normalized spacial score (nSPS) is 19.1. The number of nitrogens with two attached hydrogens (primary N) is 1. The van der Waals surface area contributed by atoms with E-state index in [1.807, 2.05) is 12.1 Å². The second kappa shape index (κ2) is 4.56. The summed E-state index contributed by atoms with van der Waals surface area (Å²) in [5.41, 5.74) is 6.58. The molecule has 2 aromatic rings. The third-order valence-corrected chi connectivity index (χ3v) is 3.10. The predicted molar refractivity (Wildman–Crippen MR) is 67.8 cm³/mol. The van der Waals surface area contributed by atoms with Crippen molar-refractivity contribution in [3.05, 3.63) is 36.4 Å². The van der Waals surface area contributed by atoms with Crippen LogP contribution in [0.3, 0.4) is 0 Å². The van der Waals surface area contributed by atoms with Crippen molar-refractivity contribution in [2.75, 3.05) is 17.2 Å². The zero-order valence-corrected chi connectivity index (χ0v) is 9.90. The van der Waals surface area contributed by atoms with E-state index < -0.39 is 0 Å². The molecule has 0 saturated carbocycles. The van der Waals surface area contributed by atoms with Gasteiger partial charge in [0.25, 0.3) is 0 Å². The lowest BCUT2D eigenvalue weighted by Crippen LogP contribution is -2.25. The third kappa shape index (κ3) is 1.97. The third-order valence-electron chi connectivity index (χ3n) is 3.10. The van der Waals surface area contributed by atoms with Crippen LogP contribution in [0.4, 0.5) is 11.9 Å². The monoisotopic (exact) mass is 242 g/mol. The van der Waals surface area contributed by atoms with Gasteiger partial charge in [0.2, 0.25) is 11.9 Å². The standard InChI is InChI=1S/C12H14N6/c13-11-14-7-4-9(17-11)10-3-1-8-18(10)12-15-5-2-6-16-12/h2,4-7,10H,1,3,8H2,(H2,13,14,17)/t10-/m1/s1. The van der Waals surface area contributed by atoms with E-state index >= 15 is 0 Å². The Morgan fingerprint density at radius 3 is 2.78 bits per heavy atom. The van der Waals surface area contributed by atoms with E-state index in [2.05, 4.69) is 24.8 Å². The first-order valence-electron chi connectivity index (χ1n) is 5.96. The quantitative estimate of drug-likeness (QED) is 0.852. The van der Waals surface area contributed by atoms with Crippen LogP contribution >= 0.6 is 0 Å². The van der Waals surface area contributed by atoms with Crippen molar-refractivity contribution in [2.24, 2.45) is 0 Å². The van der Waals surface area contributed by atoms with E-state index in [1.165, 1.54) is 0 Å². The van der Waals surface area contributed by atoms with Crippen molar-refractivity contribution in [1.29, 1.82) is 0 Å². The number of hydrogen-bond acceptors (Lipinski definition) is 6. The summed E-state index contributed by atoms with van der Waals surface area (Å²) >= 11 is 0. The van der Waals surface area contributed by atoms with Crippen molar-refractivity contribution in [2.45, 2.75) is 18.9 Å². The van der Waals surface area contributed by atoms with Crippen LogP contribution in [0.25, 0.3) is 0 Å². The zero-order valence-electron chi connectivity index (χ0n) is 9.90. The molecule has 6 heteroatoms. The molecule has 3 rings (SSSR count). The van der Waals surface area contributed by atoms with Gasteiger partial charge in [-0.15, -0.1) is 0 Å². The fourth-order valence-corrected chi connectivity index (χ4v) is 2.33. The molecule has 1 saturated heterocycles. The Morgan fingerprint density at radius 1 is 1.17 bits per heavy atom. The maximum Gasteiger partial charge on any atom is 0.225 e. The van der Waals surface area contributed by atoms with E-state index in [0.29, 0.717) is 5.95 Å². The van der Waals surface area contributed by atoms with E-state index in [-0.39, 0.29) is 6.04 Å². The number of nitrogen functional groups attached to an aromatic ring is 1. The molecule has 0 radical (unpaired) electrons. The van der Waals surface area contributed by atoms with Crippen LogP contribution in [0, 0.1) is 0 Å². The van der Waals surface area contributed by atoms with Crippen LogP contribution in [0.5, 0.6) is 0 Å². The minimum atomic E-state index is 0.192. The largest absolute Gasteiger partial charge is 0.368 e. The summed E-state index contributed by atoms with van der Waals surface area (Å²) in [5.74, 6) is 1.06. The maximum absolute atomic E-state index is 5.64. The lowest BCUT2D eigenvalue weighted by atomic mass is 10.1. The molecule has 1 atom stereocenters. The predicted octanol–water partition coefficient (Wildman–Crippen LogP) is 1.19. The molecule has 1 aliphatic rings. The average Bonchev–Trinajstić information content (AvgIpc) is 2.89. The molecule has 0 unspecified atom stereocenters. The summed E-state index contributed by atoms with van der Waals surface area (Å²) in [6.07, 6.45) is 7.35. The van der Waals surface area contributed by atoms with Gasteiger partial charge in [-0.2, -0.15) is 0 Å². The highest BCUT2D eigenvalue weighted by molar-refractivity contribution is 5.36. The molecule has 0 aromatic carbocycles. The molecular formula is C12H14N6. The number of anilines is 2. The highest BCUT2D eigenvalue weighted by Gasteiger charge is 2.28. The van der Waals surface area contributed by atoms with E-state index in [0.717, 1.165) is 31.0 Å². The molecule has 0 amide bonds. The first kappa shape index (κ1) is 10.9. The summed E-state index contributed by atoms with van der Waals surface area (Å²) in [4.78, 5) is 19.0. The van der Waals surface area contributed by atoms with E-state index in [4.69, 9.17) is 5.73 Å². The topological polar surface area (TPSA) is 80.8 Å². The molecule has 92 valence electrons. The van der Waals surface area contributed by atoms with Crippen molar-refractivity contribution >= 4 is 11.9 Å². The Labute approximate surface area is 105 Å². The molecule has 2 aromatic heterocycles. The average molecular weight is 242 g/mol. The summed E-state index contributed by atoms with van der Waals surface area (Å²) in [7, 11) is 0. The van der Waals surface area contributed by atoms with Crippen LogP contribution in [-0.2, 0) is 0 Å². The van der Waals surface area contributed by atoms with Crippen LogP contribution < -0.4 is 10.6 Å². The maximum atomic E-state index is 5.64. The molecule has 0 spiro atoms. The Hall–Kier alpha value is -2.24. The second-order valence-corrected chi connectivity index (χ2v) is 4.24. The van der Waals surface area contributed by atoms with Gasteiger partial charge in [0, 0.05) is 25.1 Å². The smallest absolute Gasteiger partial charge is 0.225 e. The van der Waals surface area contributed by atoms with Gasteiger partial charge in [-0.25, -0.2) is 19.9 Å². The van der Waals surface area contributed by atoms with Gasteiger partial charge in [0.1, 0.15) is 0 Å². The van der Waals surface area contributed by atoms with Crippen molar-refractivity contribution in [3.8, 4) is 0 Å². The van der Waals surface area contributed by atoms with Crippen LogP contribution in [0.1, 0.15) is 24.6 Å². The molecule has 6 nitrogen and oxygen atoms in total. The Balaban J connectivity index is 1.92. The Bertz CT molecular complexity index is 529. The molecule has 2 N–H and O–H groups in total. The minimum Gasteiger partial charge on any atom is -0.368 e. The summed E-state index contributed by atoms with van der Waals surface area (Å²) in [5, 5.41) is 0. The first-order chi connectivity index (χ1) is 8.84. The van der Waals surface area contributed by atoms with E-state index in [1.54, 1.807) is 18.6 Å². The molecule has 18 heavy (non-hydrogen) atoms. The van der Waals surface area contributed by atoms with Gasteiger partial charge in [-0.1, -0.05) is 0 Å². The van der Waals surface area contributed by atoms with Gasteiger partial charge in [0.05, 0.1) is 11.7 Å². The van der Waals surface area contributed by atoms with Crippen molar-refractivity contribution in [3.63, 3.8) is 0 Å². The second-order valence-electron chi connectivity index (χ2n) is 4.24. The molecular weight excluding hydrogens is 228 g/mol. The first-order valence-corrected chi connectivity index (χ1v) is 5.96. The minimum absolute atomic E-state index is 0.192. The van der Waals surface area contributed by atoms with Crippen LogP contribution in [0.2, 0.25) is 0 Å². The number of aromatic nitrogens is 4. The van der Waals surface area contributed by atoms with Crippen molar-refractivity contribution in [1.82, 2.24) is 19.9 Å². The Kier molecular flexibility index (Phi) is 2.76. The molecule has 1 fully saturated rings. The highest BCUT2D eigenvalue weighted by Crippen LogP contribution is 2.33. The fourth-order valence-electron chi connectivity index (χ4n) is 2.33. The molecule has 3 heterocycles. The van der Waals surface area contributed by atoms with Gasteiger partial charge >= 0.3 is 0 Å². The van der Waals surface area contributed by atoms with Crippen LogP contribution in [0.15, 0.2) is 30.7 Å². The molecule has 0 bridgehead atoms. The number of hydrogen-bond donors (Lipinski definition) is 1. The number of rotatable bonds is 2. The van der Waals surface area contributed by atoms with Crippen LogP contribution in [-0.4, -0.2) is 26.5 Å². The van der Waals surface area contributed by atoms with Gasteiger partial charge < -0.3 is 10.6 Å². The van der Waals surface area contributed by atoms with E-state index in [9.17, 15) is 0 Å². The highest BCUT2D eigenvalue weighted by atomic mass is 15.3. The summed E-state index contributed by atoms with van der Waals surface area (Å²) in [6.45, 7) is 0.943. The Morgan fingerprint density at radius 2 is 2.00 bits per heavy atom. The van der Waals surface area contributed by atoms with Gasteiger partial charge in [0.15, 0.2) is 0 Å². The fraction of sp³-hybridized carbons (Fsp3) is 0.333. The SMILES string of the molecule is Nc1nccc([C@H]2CCCN2c2ncccn2)n1. The zero-order chi connectivity index (χ0) is 12.4. The van der Waals surface area contributed by atoms with Gasteiger partial charge in [-0.3, -0.25) is 0 Å². The molecule has 1 aliphatic heterocycles. The lowest BCUT2D eigenvalue weighted by Gasteiger charge is -2.23. The van der Waals surface area contributed by atoms with Gasteiger partial charge in [-0.05, 0) is 25.0 Å². The van der Waals surface area contributed by atoms with Crippen molar-refractivity contribution < 1.29 is 0 Å².